The lowest BCUT2D eigenvalue weighted by atomic mass is 9.58. The van der Waals surface area contributed by atoms with Crippen molar-refractivity contribution >= 4 is 29.4 Å². The second-order valence-electron chi connectivity index (χ2n) is 9.64. The molecule has 0 spiro atoms. The van der Waals surface area contributed by atoms with Crippen molar-refractivity contribution in [2.75, 3.05) is 19.7 Å². The van der Waals surface area contributed by atoms with Gasteiger partial charge in [0.1, 0.15) is 17.6 Å². The number of ketones is 3. The number of carbonyl (C=O) groups excluding carboxylic acids is 5. The third-order valence-corrected chi connectivity index (χ3v) is 7.27. The number of hydrogen-bond acceptors (Lipinski definition) is 10. The molecular weight excluding hydrogens is 480 g/mol. The molecule has 3 rings (SSSR count). The molecule has 11 heteroatoms. The molecule has 1 aromatic rings. The zero-order chi connectivity index (χ0) is 27.2. The number of carbonyl (C=O) groups is 5. The van der Waals surface area contributed by atoms with E-state index in [1.807, 2.05) is 6.07 Å². The number of ether oxygens (including phenoxy) is 2. The summed E-state index contributed by atoms with van der Waals surface area (Å²) in [5.41, 5.74) is 9.04. The summed E-state index contributed by atoms with van der Waals surface area (Å²) in [6.07, 6.45) is 0.121. The Kier molecular flexibility index (Phi) is 9.16. The van der Waals surface area contributed by atoms with Crippen LogP contribution in [0.4, 0.5) is 4.79 Å². The summed E-state index contributed by atoms with van der Waals surface area (Å²) in [5.74, 6) is -4.24. The van der Waals surface area contributed by atoms with Gasteiger partial charge in [-0.3, -0.25) is 19.2 Å². The van der Waals surface area contributed by atoms with Crippen molar-refractivity contribution in [3.8, 4) is 0 Å². The molecule has 1 aromatic carbocycles. The summed E-state index contributed by atoms with van der Waals surface area (Å²) >= 11 is 0. The molecule has 11 nitrogen and oxygen atoms in total. The number of amides is 1. The molecule has 2 fully saturated rings. The van der Waals surface area contributed by atoms with Crippen LogP contribution in [0.2, 0.25) is 0 Å². The highest BCUT2D eigenvalue weighted by molar-refractivity contribution is 6.19. The Bertz CT molecular complexity index is 1030. The summed E-state index contributed by atoms with van der Waals surface area (Å²) in [7, 11) is 0. The number of benzene rings is 1. The van der Waals surface area contributed by atoms with E-state index < -0.39 is 64.9 Å². The van der Waals surface area contributed by atoms with Crippen molar-refractivity contribution in [3.63, 3.8) is 0 Å². The number of nitrogens with two attached hydrogens (primary N) is 2. The third-order valence-electron chi connectivity index (χ3n) is 7.27. The van der Waals surface area contributed by atoms with E-state index in [1.54, 1.807) is 31.2 Å². The van der Waals surface area contributed by atoms with E-state index in [0.29, 0.717) is 19.4 Å². The minimum atomic E-state index is -2.23. The molecule has 1 aliphatic heterocycles. The van der Waals surface area contributed by atoms with E-state index in [-0.39, 0.29) is 26.1 Å². The molecule has 1 amide bonds. The molecule has 1 aliphatic carbocycles. The first-order valence-electron chi connectivity index (χ1n) is 12.6. The van der Waals surface area contributed by atoms with Gasteiger partial charge in [-0.1, -0.05) is 30.3 Å². The Hall–Kier alpha value is -3.15. The highest BCUT2D eigenvalue weighted by Gasteiger charge is 2.73. The normalized spacial score (nSPS) is 27.8. The van der Waals surface area contributed by atoms with Gasteiger partial charge >= 0.3 is 12.1 Å². The highest BCUT2D eigenvalue weighted by atomic mass is 16.5. The zero-order valence-corrected chi connectivity index (χ0v) is 21.3. The maximum atomic E-state index is 14.1. The fourth-order valence-electron chi connectivity index (χ4n) is 5.53. The third kappa shape index (κ3) is 5.43. The van der Waals surface area contributed by atoms with Crippen LogP contribution in [-0.4, -0.2) is 66.7 Å². The monoisotopic (exact) mass is 516 g/mol. The molecule has 37 heavy (non-hydrogen) atoms. The van der Waals surface area contributed by atoms with Gasteiger partial charge < -0.3 is 31.6 Å². The fourth-order valence-corrected chi connectivity index (χ4v) is 5.53. The van der Waals surface area contributed by atoms with Gasteiger partial charge in [0.25, 0.3) is 0 Å². The summed E-state index contributed by atoms with van der Waals surface area (Å²) in [4.78, 5) is 66.8. The van der Waals surface area contributed by atoms with Crippen LogP contribution in [0.5, 0.6) is 0 Å². The molecule has 2 aliphatic rings. The van der Waals surface area contributed by atoms with Gasteiger partial charge in [-0.15, -0.1) is 0 Å². The van der Waals surface area contributed by atoms with E-state index in [4.69, 9.17) is 20.9 Å². The number of Topliss-reactive ketones (excluding diaryl/α,β-unsaturated/α-hetero) is 3. The molecule has 1 heterocycles. The number of rotatable bonds is 11. The number of alkyl carbamates (subject to hydrolysis) is 1. The van der Waals surface area contributed by atoms with Gasteiger partial charge in [-0.05, 0) is 51.6 Å². The molecule has 202 valence electrons. The minimum absolute atomic E-state index is 0.00198. The molecule has 6 N–H and O–H groups in total. The van der Waals surface area contributed by atoms with Crippen LogP contribution in [-0.2, 0) is 35.3 Å². The number of nitrogens with one attached hydrogen (secondary N) is 2. The highest BCUT2D eigenvalue weighted by Crippen LogP contribution is 2.53. The standard InChI is InChI=1S/C26H36N4O7/c1-3-36-23(34)25(28)12-11-18(20(31)14-30-24(35)37-15-17-8-5-4-6-9-17)26(25,21(32)16(2)27)22(33)19-10-7-13-29-19/h4-6,8-9,16,18-19,29H,3,7,10-15,27-28H2,1-2H3,(H,30,35). The Morgan fingerprint density at radius 1 is 1.14 bits per heavy atom. The van der Waals surface area contributed by atoms with Gasteiger partial charge in [-0.25, -0.2) is 4.79 Å². The van der Waals surface area contributed by atoms with E-state index in [9.17, 15) is 24.0 Å². The zero-order valence-electron chi connectivity index (χ0n) is 21.3. The lowest BCUT2D eigenvalue weighted by Crippen LogP contribution is -2.71. The van der Waals surface area contributed by atoms with Crippen molar-refractivity contribution in [1.29, 1.82) is 0 Å². The van der Waals surface area contributed by atoms with Crippen LogP contribution in [0, 0.1) is 11.3 Å². The second-order valence-corrected chi connectivity index (χ2v) is 9.64. The van der Waals surface area contributed by atoms with Gasteiger partial charge in [0.05, 0.1) is 25.2 Å². The number of esters is 1. The van der Waals surface area contributed by atoms with E-state index in [0.717, 1.165) is 5.56 Å². The topological polar surface area (TPSA) is 180 Å². The second kappa shape index (κ2) is 11.9. The minimum Gasteiger partial charge on any atom is -0.465 e. The van der Waals surface area contributed by atoms with Crippen molar-refractivity contribution in [3.05, 3.63) is 35.9 Å². The van der Waals surface area contributed by atoms with Crippen LogP contribution < -0.4 is 22.1 Å². The summed E-state index contributed by atoms with van der Waals surface area (Å²) in [5, 5.41) is 5.44. The van der Waals surface area contributed by atoms with Crippen LogP contribution in [0.1, 0.15) is 45.1 Å². The lowest BCUT2D eigenvalue weighted by Gasteiger charge is -2.44. The quantitative estimate of drug-likeness (QED) is 0.237. The summed E-state index contributed by atoms with van der Waals surface area (Å²) in [6.45, 7) is 2.98. The molecule has 1 saturated carbocycles. The predicted octanol–water partition coefficient (Wildman–Crippen LogP) is 0.376. The Morgan fingerprint density at radius 2 is 1.84 bits per heavy atom. The van der Waals surface area contributed by atoms with Crippen LogP contribution in [0.25, 0.3) is 0 Å². The fraction of sp³-hybridized carbons (Fsp3) is 0.577. The average Bonchev–Trinajstić information content (AvgIpc) is 3.53. The largest absolute Gasteiger partial charge is 0.465 e. The first-order valence-corrected chi connectivity index (χ1v) is 12.6. The SMILES string of the molecule is CCOC(=O)C1(N)CCC(C(=O)CNC(=O)OCc2ccccc2)C1(C(=O)C(C)N)C(=O)C1CCCN1. The molecule has 0 bridgehead atoms. The van der Waals surface area contributed by atoms with Crippen molar-refractivity contribution in [2.24, 2.45) is 22.8 Å². The van der Waals surface area contributed by atoms with Gasteiger partial charge in [0.2, 0.25) is 0 Å². The number of hydrogen-bond donors (Lipinski definition) is 4. The molecule has 0 radical (unpaired) electrons. The molecule has 0 aromatic heterocycles. The Balaban J connectivity index is 1.90. The average molecular weight is 517 g/mol. The van der Waals surface area contributed by atoms with Crippen LogP contribution >= 0.6 is 0 Å². The van der Waals surface area contributed by atoms with Crippen molar-refractivity contribution in [2.45, 2.75) is 63.8 Å². The van der Waals surface area contributed by atoms with E-state index in [1.165, 1.54) is 6.92 Å². The molecular formula is C26H36N4O7. The maximum Gasteiger partial charge on any atom is 0.407 e. The van der Waals surface area contributed by atoms with Crippen LogP contribution in [0.3, 0.4) is 0 Å². The predicted molar refractivity (Wildman–Crippen MR) is 133 cm³/mol. The van der Waals surface area contributed by atoms with Gasteiger partial charge in [0.15, 0.2) is 17.3 Å². The first kappa shape index (κ1) is 28.4. The Morgan fingerprint density at radius 3 is 2.43 bits per heavy atom. The van der Waals surface area contributed by atoms with Crippen molar-refractivity contribution in [1.82, 2.24) is 10.6 Å². The van der Waals surface area contributed by atoms with Gasteiger partial charge in [-0.2, -0.15) is 0 Å². The molecule has 5 unspecified atom stereocenters. The summed E-state index contributed by atoms with van der Waals surface area (Å²) < 4.78 is 10.4. The first-order chi connectivity index (χ1) is 17.6. The Labute approximate surface area is 216 Å². The van der Waals surface area contributed by atoms with Crippen molar-refractivity contribution < 1.29 is 33.4 Å². The maximum absolute atomic E-state index is 14.1. The van der Waals surface area contributed by atoms with E-state index >= 15 is 0 Å². The van der Waals surface area contributed by atoms with Gasteiger partial charge in [0, 0.05) is 5.92 Å². The lowest BCUT2D eigenvalue weighted by molar-refractivity contribution is -0.166. The van der Waals surface area contributed by atoms with Crippen LogP contribution in [0.15, 0.2) is 30.3 Å². The van der Waals surface area contributed by atoms with E-state index in [2.05, 4.69) is 10.6 Å². The summed E-state index contributed by atoms with van der Waals surface area (Å²) in [6, 6.07) is 7.04. The smallest absolute Gasteiger partial charge is 0.407 e. The molecule has 1 saturated heterocycles. The molecule has 5 atom stereocenters.